The normalized spacial score (nSPS) is 19.1. The minimum atomic E-state index is -0.562. The van der Waals surface area contributed by atoms with Gasteiger partial charge in [-0.05, 0) is 48.4 Å². The molecule has 3 rings (SSSR count). The fraction of sp³-hybridized carbons (Fsp3) is 0.333. The lowest BCUT2D eigenvalue weighted by molar-refractivity contribution is 0.0984. The van der Waals surface area contributed by atoms with E-state index in [1.807, 2.05) is 6.07 Å². The highest BCUT2D eigenvalue weighted by Gasteiger charge is 2.26. The van der Waals surface area contributed by atoms with Gasteiger partial charge >= 0.3 is 0 Å². The third-order valence-electron chi connectivity index (χ3n) is 4.40. The highest BCUT2D eigenvalue weighted by molar-refractivity contribution is 6.31. The van der Waals surface area contributed by atoms with Gasteiger partial charge in [-0.3, -0.25) is 0 Å². The second kappa shape index (κ2) is 6.17. The second-order valence-corrected chi connectivity index (χ2v) is 6.15. The van der Waals surface area contributed by atoms with Gasteiger partial charge in [0.15, 0.2) is 0 Å². The summed E-state index contributed by atoms with van der Waals surface area (Å²) < 4.78 is 13.8. The molecule has 0 radical (unpaired) electrons. The summed E-state index contributed by atoms with van der Waals surface area (Å²) in [5.74, 6) is -0.173. The van der Waals surface area contributed by atoms with Crippen LogP contribution in [0.25, 0.3) is 0 Å². The molecule has 0 bridgehead atoms. The second-order valence-electron chi connectivity index (χ2n) is 5.74. The average molecular weight is 305 g/mol. The standard InChI is InChI=1S/C18H18ClFO/c19-16-6-3-7-17(20)15(16)11-18(21)14-9-8-12-4-1-2-5-13(12)10-14/h1-7,14,18,21H,8-11H2. The summed E-state index contributed by atoms with van der Waals surface area (Å²) in [5.41, 5.74) is 3.09. The number of hydrogen-bond acceptors (Lipinski definition) is 1. The van der Waals surface area contributed by atoms with Crippen LogP contribution in [0.3, 0.4) is 0 Å². The Hall–Kier alpha value is -1.38. The number of aliphatic hydroxyl groups excluding tert-OH is 1. The zero-order valence-corrected chi connectivity index (χ0v) is 12.5. The van der Waals surface area contributed by atoms with E-state index in [9.17, 15) is 9.50 Å². The maximum atomic E-state index is 13.8. The van der Waals surface area contributed by atoms with Gasteiger partial charge in [0.1, 0.15) is 5.82 Å². The van der Waals surface area contributed by atoms with Gasteiger partial charge in [-0.1, -0.05) is 41.9 Å². The topological polar surface area (TPSA) is 20.2 Å². The smallest absolute Gasteiger partial charge is 0.127 e. The molecule has 0 aliphatic heterocycles. The average Bonchev–Trinajstić information content (AvgIpc) is 2.50. The molecule has 1 N–H and O–H groups in total. The number of benzene rings is 2. The lowest BCUT2D eigenvalue weighted by Crippen LogP contribution is -2.28. The van der Waals surface area contributed by atoms with Gasteiger partial charge in [0.25, 0.3) is 0 Å². The summed E-state index contributed by atoms with van der Waals surface area (Å²) in [4.78, 5) is 0. The Morgan fingerprint density at radius 1 is 1.14 bits per heavy atom. The lowest BCUT2D eigenvalue weighted by Gasteiger charge is -2.28. The van der Waals surface area contributed by atoms with Crippen molar-refractivity contribution in [3.05, 3.63) is 70.0 Å². The van der Waals surface area contributed by atoms with Gasteiger partial charge in [0.2, 0.25) is 0 Å². The van der Waals surface area contributed by atoms with E-state index in [1.54, 1.807) is 12.1 Å². The molecule has 21 heavy (non-hydrogen) atoms. The molecule has 0 spiro atoms. The van der Waals surface area contributed by atoms with Gasteiger partial charge < -0.3 is 5.11 Å². The SMILES string of the molecule is OC(Cc1c(F)cccc1Cl)C1CCc2ccccc2C1. The molecule has 0 saturated heterocycles. The molecule has 0 aromatic heterocycles. The molecule has 1 aliphatic carbocycles. The van der Waals surface area contributed by atoms with Crippen LogP contribution in [-0.2, 0) is 19.3 Å². The molecular formula is C18H18ClFO. The van der Waals surface area contributed by atoms with Crippen molar-refractivity contribution in [1.29, 1.82) is 0 Å². The van der Waals surface area contributed by atoms with E-state index in [2.05, 4.69) is 18.2 Å². The number of hydrogen-bond donors (Lipinski definition) is 1. The predicted molar refractivity (Wildman–Crippen MR) is 83.1 cm³/mol. The minimum absolute atomic E-state index is 0.163. The molecule has 2 aromatic rings. The molecule has 2 atom stereocenters. The quantitative estimate of drug-likeness (QED) is 0.901. The number of aryl methyl sites for hydroxylation is 1. The van der Waals surface area contributed by atoms with Crippen molar-refractivity contribution in [3.8, 4) is 0 Å². The van der Waals surface area contributed by atoms with Crippen LogP contribution in [0, 0.1) is 11.7 Å². The molecule has 0 saturated carbocycles. The Kier molecular flexibility index (Phi) is 4.27. The van der Waals surface area contributed by atoms with E-state index in [-0.39, 0.29) is 18.2 Å². The Balaban J connectivity index is 1.74. The van der Waals surface area contributed by atoms with Gasteiger partial charge in [-0.25, -0.2) is 4.39 Å². The summed E-state index contributed by atoms with van der Waals surface area (Å²) in [6.45, 7) is 0. The van der Waals surface area contributed by atoms with Crippen molar-refractivity contribution in [2.75, 3.05) is 0 Å². The van der Waals surface area contributed by atoms with Crippen LogP contribution in [0.2, 0.25) is 5.02 Å². The van der Waals surface area contributed by atoms with Crippen LogP contribution in [0.1, 0.15) is 23.1 Å². The molecule has 2 unspecified atom stereocenters. The number of aliphatic hydroxyl groups is 1. The fourth-order valence-electron chi connectivity index (χ4n) is 3.16. The maximum absolute atomic E-state index is 13.8. The van der Waals surface area contributed by atoms with Crippen molar-refractivity contribution in [2.45, 2.75) is 31.8 Å². The molecule has 0 amide bonds. The van der Waals surface area contributed by atoms with E-state index < -0.39 is 6.10 Å². The van der Waals surface area contributed by atoms with Crippen LogP contribution >= 0.6 is 11.6 Å². The van der Waals surface area contributed by atoms with E-state index in [0.29, 0.717) is 10.6 Å². The first-order valence-electron chi connectivity index (χ1n) is 7.33. The number of fused-ring (bicyclic) bond motifs is 1. The zero-order chi connectivity index (χ0) is 14.8. The molecule has 1 nitrogen and oxygen atoms in total. The van der Waals surface area contributed by atoms with Crippen LogP contribution in [0.5, 0.6) is 0 Å². The summed E-state index contributed by atoms with van der Waals surface area (Å²) in [6.07, 6.45) is 2.47. The number of rotatable bonds is 3. The monoisotopic (exact) mass is 304 g/mol. The van der Waals surface area contributed by atoms with Crippen molar-refractivity contribution in [3.63, 3.8) is 0 Å². The maximum Gasteiger partial charge on any atom is 0.127 e. The summed E-state index contributed by atoms with van der Waals surface area (Å²) in [5, 5.41) is 10.9. The molecule has 0 heterocycles. The van der Waals surface area contributed by atoms with Gasteiger partial charge in [0.05, 0.1) is 6.10 Å². The van der Waals surface area contributed by atoms with Crippen LogP contribution < -0.4 is 0 Å². The minimum Gasteiger partial charge on any atom is -0.392 e. The summed E-state index contributed by atoms with van der Waals surface area (Å²) in [6, 6.07) is 13.0. The van der Waals surface area contributed by atoms with Crippen molar-refractivity contribution in [1.82, 2.24) is 0 Å². The summed E-state index contributed by atoms with van der Waals surface area (Å²) >= 11 is 6.04. The van der Waals surface area contributed by atoms with E-state index in [4.69, 9.17) is 11.6 Å². The van der Waals surface area contributed by atoms with Crippen LogP contribution in [0.15, 0.2) is 42.5 Å². The van der Waals surface area contributed by atoms with Crippen LogP contribution in [-0.4, -0.2) is 11.2 Å². The molecule has 3 heteroatoms. The third kappa shape index (κ3) is 3.12. The van der Waals surface area contributed by atoms with Gasteiger partial charge in [0, 0.05) is 17.0 Å². The largest absolute Gasteiger partial charge is 0.392 e. The van der Waals surface area contributed by atoms with Gasteiger partial charge in [-0.15, -0.1) is 0 Å². The van der Waals surface area contributed by atoms with Gasteiger partial charge in [-0.2, -0.15) is 0 Å². The first-order chi connectivity index (χ1) is 10.1. The first-order valence-corrected chi connectivity index (χ1v) is 7.70. The Labute approximate surface area is 129 Å². The molecular weight excluding hydrogens is 287 g/mol. The Bertz CT molecular complexity index is 621. The van der Waals surface area contributed by atoms with Crippen molar-refractivity contribution >= 4 is 11.6 Å². The lowest BCUT2D eigenvalue weighted by atomic mass is 9.79. The van der Waals surface area contributed by atoms with Crippen molar-refractivity contribution < 1.29 is 9.50 Å². The van der Waals surface area contributed by atoms with E-state index >= 15 is 0 Å². The van der Waals surface area contributed by atoms with E-state index in [1.165, 1.54) is 17.2 Å². The number of halogens is 2. The Morgan fingerprint density at radius 2 is 1.90 bits per heavy atom. The molecule has 110 valence electrons. The highest BCUT2D eigenvalue weighted by Crippen LogP contribution is 2.30. The third-order valence-corrected chi connectivity index (χ3v) is 4.76. The Morgan fingerprint density at radius 3 is 2.67 bits per heavy atom. The zero-order valence-electron chi connectivity index (χ0n) is 11.7. The first kappa shape index (κ1) is 14.6. The fourth-order valence-corrected chi connectivity index (χ4v) is 3.40. The van der Waals surface area contributed by atoms with E-state index in [0.717, 1.165) is 19.3 Å². The molecule has 0 fully saturated rings. The highest BCUT2D eigenvalue weighted by atomic mass is 35.5. The predicted octanol–water partition coefficient (Wildman–Crippen LogP) is 4.19. The summed E-state index contributed by atoms with van der Waals surface area (Å²) in [7, 11) is 0. The van der Waals surface area contributed by atoms with Crippen LogP contribution in [0.4, 0.5) is 4.39 Å². The molecule has 1 aliphatic rings. The molecule has 2 aromatic carbocycles. The van der Waals surface area contributed by atoms with Crippen molar-refractivity contribution in [2.24, 2.45) is 5.92 Å².